The van der Waals surface area contributed by atoms with Crippen LogP contribution in [0, 0.1) is 13.8 Å². The van der Waals surface area contributed by atoms with E-state index in [1.54, 1.807) is 0 Å². The number of hydrogen-bond donors (Lipinski definition) is 2. The number of benzene rings is 1. The van der Waals surface area contributed by atoms with Crippen molar-refractivity contribution in [1.82, 2.24) is 4.31 Å². The van der Waals surface area contributed by atoms with Gasteiger partial charge >= 0.3 is 10.2 Å². The number of hydrogen-bond acceptors (Lipinski definition) is 3. The Morgan fingerprint density at radius 3 is 2.52 bits per heavy atom. The van der Waals surface area contributed by atoms with Crippen molar-refractivity contribution in [2.24, 2.45) is 5.73 Å². The molecule has 1 atom stereocenters. The standard InChI is InChI=1S/C14H22BrN3O2S/c1-10-7-12(15)8-11(2)14(10)17-21(19,20)18-6-4-3-5-13(18)9-16/h7-8,13,17H,3-6,9,16H2,1-2H3. The van der Waals surface area contributed by atoms with Gasteiger partial charge in [0.2, 0.25) is 0 Å². The number of aryl methyl sites for hydroxylation is 2. The summed E-state index contributed by atoms with van der Waals surface area (Å²) in [6.45, 7) is 4.68. The van der Waals surface area contributed by atoms with Crippen molar-refractivity contribution in [3.63, 3.8) is 0 Å². The van der Waals surface area contributed by atoms with Crippen molar-refractivity contribution in [3.05, 3.63) is 27.7 Å². The largest absolute Gasteiger partial charge is 0.329 e. The van der Waals surface area contributed by atoms with Gasteiger partial charge in [-0.05, 0) is 49.9 Å². The maximum absolute atomic E-state index is 12.7. The summed E-state index contributed by atoms with van der Waals surface area (Å²) >= 11 is 3.42. The predicted molar refractivity (Wildman–Crippen MR) is 89.6 cm³/mol. The Balaban J connectivity index is 2.29. The molecule has 0 amide bonds. The smallest absolute Gasteiger partial charge is 0.301 e. The second-order valence-electron chi connectivity index (χ2n) is 5.52. The zero-order valence-electron chi connectivity index (χ0n) is 12.4. The van der Waals surface area contributed by atoms with E-state index in [-0.39, 0.29) is 6.04 Å². The molecule has 21 heavy (non-hydrogen) atoms. The molecule has 0 spiro atoms. The Morgan fingerprint density at radius 2 is 1.95 bits per heavy atom. The Bertz CT molecular complexity index is 596. The minimum Gasteiger partial charge on any atom is -0.329 e. The number of nitrogens with one attached hydrogen (secondary N) is 1. The lowest BCUT2D eigenvalue weighted by Crippen LogP contribution is -2.49. The first-order valence-corrected chi connectivity index (χ1v) is 9.35. The highest BCUT2D eigenvalue weighted by molar-refractivity contribution is 9.10. The van der Waals surface area contributed by atoms with Crippen LogP contribution in [0.3, 0.4) is 0 Å². The zero-order valence-corrected chi connectivity index (χ0v) is 14.8. The van der Waals surface area contributed by atoms with E-state index in [9.17, 15) is 8.42 Å². The minimum atomic E-state index is -3.57. The normalized spacial score (nSPS) is 20.5. The fourth-order valence-electron chi connectivity index (χ4n) is 2.79. The molecule has 1 aliphatic rings. The van der Waals surface area contributed by atoms with Crippen molar-refractivity contribution in [2.75, 3.05) is 17.8 Å². The highest BCUT2D eigenvalue weighted by Crippen LogP contribution is 2.28. The highest BCUT2D eigenvalue weighted by atomic mass is 79.9. The quantitative estimate of drug-likeness (QED) is 0.848. The summed E-state index contributed by atoms with van der Waals surface area (Å²) in [7, 11) is -3.57. The van der Waals surface area contributed by atoms with Gasteiger partial charge in [0.05, 0.1) is 5.69 Å². The molecule has 5 nitrogen and oxygen atoms in total. The van der Waals surface area contributed by atoms with Gasteiger partial charge in [0, 0.05) is 23.6 Å². The van der Waals surface area contributed by atoms with Gasteiger partial charge in [-0.1, -0.05) is 22.4 Å². The Labute approximate surface area is 135 Å². The van der Waals surface area contributed by atoms with Crippen molar-refractivity contribution in [2.45, 2.75) is 39.2 Å². The third-order valence-electron chi connectivity index (χ3n) is 3.88. The van der Waals surface area contributed by atoms with Crippen molar-refractivity contribution in [3.8, 4) is 0 Å². The molecule has 0 aliphatic carbocycles. The molecule has 1 saturated heterocycles. The van der Waals surface area contributed by atoms with Gasteiger partial charge in [-0.15, -0.1) is 0 Å². The number of piperidine rings is 1. The van der Waals surface area contributed by atoms with Gasteiger partial charge < -0.3 is 5.73 Å². The lowest BCUT2D eigenvalue weighted by atomic mass is 10.1. The van der Waals surface area contributed by atoms with Crippen LogP contribution in [0.5, 0.6) is 0 Å². The molecule has 1 aliphatic heterocycles. The monoisotopic (exact) mass is 375 g/mol. The van der Waals surface area contributed by atoms with E-state index in [1.165, 1.54) is 4.31 Å². The summed E-state index contributed by atoms with van der Waals surface area (Å²) in [6.07, 6.45) is 2.75. The molecule has 2 rings (SSSR count). The molecule has 3 N–H and O–H groups in total. The summed E-state index contributed by atoms with van der Waals surface area (Å²) in [5, 5.41) is 0. The molecule has 118 valence electrons. The van der Waals surface area contributed by atoms with Crippen LogP contribution in [0.1, 0.15) is 30.4 Å². The zero-order chi connectivity index (χ0) is 15.6. The van der Waals surface area contributed by atoms with Gasteiger partial charge in [0.25, 0.3) is 0 Å². The summed E-state index contributed by atoms with van der Waals surface area (Å²) in [6, 6.07) is 3.70. The maximum atomic E-state index is 12.7. The van der Waals surface area contributed by atoms with Crippen molar-refractivity contribution < 1.29 is 8.42 Å². The van der Waals surface area contributed by atoms with Crippen LogP contribution in [0.15, 0.2) is 16.6 Å². The SMILES string of the molecule is Cc1cc(Br)cc(C)c1NS(=O)(=O)N1CCCCC1CN. The fourth-order valence-corrected chi connectivity index (χ4v) is 5.12. The molecule has 1 heterocycles. The van der Waals surface area contributed by atoms with Crippen LogP contribution in [0.25, 0.3) is 0 Å². The van der Waals surface area contributed by atoms with E-state index in [2.05, 4.69) is 20.7 Å². The molecule has 0 aromatic heterocycles. The molecular formula is C14H22BrN3O2S. The average molecular weight is 376 g/mol. The number of nitrogens with two attached hydrogens (primary N) is 1. The van der Waals surface area contributed by atoms with Gasteiger partial charge in [-0.2, -0.15) is 12.7 Å². The summed E-state index contributed by atoms with van der Waals surface area (Å²) in [5.74, 6) is 0. The van der Waals surface area contributed by atoms with Gasteiger partial charge in [0.1, 0.15) is 0 Å². The van der Waals surface area contributed by atoms with Crippen molar-refractivity contribution in [1.29, 1.82) is 0 Å². The van der Waals surface area contributed by atoms with E-state index in [1.807, 2.05) is 26.0 Å². The first kappa shape index (κ1) is 16.7. The molecule has 1 unspecified atom stereocenters. The number of halogens is 1. The third-order valence-corrected chi connectivity index (χ3v) is 5.90. The molecule has 1 aromatic carbocycles. The van der Waals surface area contributed by atoms with Gasteiger partial charge in [0.15, 0.2) is 0 Å². The first-order chi connectivity index (χ1) is 9.85. The summed E-state index contributed by atoms with van der Waals surface area (Å²) in [5.41, 5.74) is 8.17. The van der Waals surface area contributed by atoms with E-state index in [0.29, 0.717) is 18.8 Å². The van der Waals surface area contributed by atoms with E-state index < -0.39 is 10.2 Å². The first-order valence-electron chi connectivity index (χ1n) is 7.11. The minimum absolute atomic E-state index is 0.104. The molecule has 0 saturated carbocycles. The van der Waals surface area contributed by atoms with Crippen LogP contribution in [0.2, 0.25) is 0 Å². The third kappa shape index (κ3) is 3.77. The van der Waals surface area contributed by atoms with E-state index in [4.69, 9.17) is 5.73 Å². The predicted octanol–water partition coefficient (Wildman–Crippen LogP) is 2.54. The molecule has 0 radical (unpaired) electrons. The molecule has 0 bridgehead atoms. The van der Waals surface area contributed by atoms with Crippen LogP contribution in [-0.4, -0.2) is 31.9 Å². The highest BCUT2D eigenvalue weighted by Gasteiger charge is 2.31. The van der Waals surface area contributed by atoms with Crippen LogP contribution in [-0.2, 0) is 10.2 Å². The number of anilines is 1. The topological polar surface area (TPSA) is 75.4 Å². The van der Waals surface area contributed by atoms with Gasteiger partial charge in [-0.3, -0.25) is 4.72 Å². The van der Waals surface area contributed by atoms with E-state index in [0.717, 1.165) is 34.9 Å². The lowest BCUT2D eigenvalue weighted by molar-refractivity contribution is 0.259. The van der Waals surface area contributed by atoms with Gasteiger partial charge in [-0.25, -0.2) is 0 Å². The molecule has 1 aromatic rings. The van der Waals surface area contributed by atoms with Crippen LogP contribution >= 0.6 is 15.9 Å². The fraction of sp³-hybridized carbons (Fsp3) is 0.571. The summed E-state index contributed by atoms with van der Waals surface area (Å²) < 4.78 is 30.5. The summed E-state index contributed by atoms with van der Waals surface area (Å²) in [4.78, 5) is 0. The molecular weight excluding hydrogens is 354 g/mol. The lowest BCUT2D eigenvalue weighted by Gasteiger charge is -2.34. The van der Waals surface area contributed by atoms with Crippen LogP contribution < -0.4 is 10.5 Å². The molecule has 7 heteroatoms. The Morgan fingerprint density at radius 1 is 1.33 bits per heavy atom. The number of rotatable bonds is 4. The molecule has 1 fully saturated rings. The van der Waals surface area contributed by atoms with Crippen molar-refractivity contribution >= 4 is 31.8 Å². The maximum Gasteiger partial charge on any atom is 0.301 e. The second kappa shape index (κ2) is 6.64. The number of nitrogens with zero attached hydrogens (tertiary/aromatic N) is 1. The Hall–Kier alpha value is -0.630. The average Bonchev–Trinajstić information content (AvgIpc) is 2.43. The second-order valence-corrected chi connectivity index (χ2v) is 8.06. The van der Waals surface area contributed by atoms with Crippen LogP contribution in [0.4, 0.5) is 5.69 Å². The van der Waals surface area contributed by atoms with E-state index >= 15 is 0 Å². The Kier molecular flexibility index (Phi) is 5.29.